The summed E-state index contributed by atoms with van der Waals surface area (Å²) < 4.78 is 42.1. The van der Waals surface area contributed by atoms with E-state index in [1.807, 2.05) is 6.92 Å². The molecule has 0 spiro atoms. The van der Waals surface area contributed by atoms with Gasteiger partial charge in [0.2, 0.25) is 5.91 Å². The van der Waals surface area contributed by atoms with Gasteiger partial charge < -0.3 is 15.4 Å². The monoisotopic (exact) mass is 268 g/mol. The lowest BCUT2D eigenvalue weighted by Gasteiger charge is -2.31. The van der Waals surface area contributed by atoms with Gasteiger partial charge in [-0.05, 0) is 19.8 Å². The zero-order valence-electron chi connectivity index (χ0n) is 10.3. The molecule has 1 heterocycles. The molecule has 0 aliphatic carbocycles. The van der Waals surface area contributed by atoms with Gasteiger partial charge in [0.1, 0.15) is 6.04 Å². The smallest absolute Gasteiger partial charge is 0.381 e. The van der Waals surface area contributed by atoms with E-state index >= 15 is 0 Å². The van der Waals surface area contributed by atoms with Crippen molar-refractivity contribution in [3.05, 3.63) is 0 Å². The minimum atomic E-state index is -4.20. The Morgan fingerprint density at radius 1 is 1.44 bits per heavy atom. The quantitative estimate of drug-likeness (QED) is 0.737. The van der Waals surface area contributed by atoms with Gasteiger partial charge in [0.05, 0.1) is 6.61 Å². The van der Waals surface area contributed by atoms with Crippen LogP contribution in [0.15, 0.2) is 0 Å². The largest absolute Gasteiger partial charge is 0.403 e. The molecule has 1 fully saturated rings. The summed E-state index contributed by atoms with van der Waals surface area (Å²) in [7, 11) is 0. The third-order valence-corrected chi connectivity index (χ3v) is 2.85. The number of nitrogens with one attached hydrogen (secondary N) is 2. The predicted molar refractivity (Wildman–Crippen MR) is 60.1 cm³/mol. The number of hydrogen-bond acceptors (Lipinski definition) is 3. The maximum absolute atomic E-state index is 12.4. The number of amides is 1. The van der Waals surface area contributed by atoms with Gasteiger partial charge in [0.25, 0.3) is 0 Å². The second-order valence-corrected chi connectivity index (χ2v) is 4.29. The number of rotatable bonds is 5. The first-order chi connectivity index (χ1) is 8.43. The van der Waals surface area contributed by atoms with E-state index in [1.165, 1.54) is 0 Å². The van der Waals surface area contributed by atoms with Crippen LogP contribution in [-0.2, 0) is 9.53 Å². The highest BCUT2D eigenvalue weighted by atomic mass is 19.4. The molecule has 1 rings (SSSR count). The average Bonchev–Trinajstić information content (AvgIpc) is 2.29. The summed E-state index contributed by atoms with van der Waals surface area (Å²) in [5, 5.41) is 5.11. The number of piperidine rings is 1. The Morgan fingerprint density at radius 3 is 2.67 bits per heavy atom. The Labute approximate surface area is 104 Å². The summed E-state index contributed by atoms with van der Waals surface area (Å²) in [5.41, 5.74) is 0. The molecule has 0 aromatic carbocycles. The van der Waals surface area contributed by atoms with Crippen molar-refractivity contribution >= 4 is 5.91 Å². The van der Waals surface area contributed by atoms with Gasteiger partial charge in [-0.15, -0.1) is 0 Å². The topological polar surface area (TPSA) is 50.4 Å². The van der Waals surface area contributed by atoms with Crippen LogP contribution in [0, 0.1) is 0 Å². The number of alkyl halides is 3. The summed E-state index contributed by atoms with van der Waals surface area (Å²) in [6, 6.07) is -1.67. The van der Waals surface area contributed by atoms with Crippen molar-refractivity contribution in [1.82, 2.24) is 10.6 Å². The Kier molecular flexibility index (Phi) is 5.87. The van der Waals surface area contributed by atoms with Crippen molar-refractivity contribution < 1.29 is 22.7 Å². The SMILES string of the molecule is CCOCCC(=O)NC1CCC(C(F)(F)F)NC1. The molecule has 1 aliphatic heterocycles. The first kappa shape index (κ1) is 15.2. The van der Waals surface area contributed by atoms with Crippen LogP contribution in [0.4, 0.5) is 13.2 Å². The predicted octanol–water partition coefficient (Wildman–Crippen LogP) is 1.21. The highest BCUT2D eigenvalue weighted by Gasteiger charge is 2.41. The van der Waals surface area contributed by atoms with Crippen molar-refractivity contribution in [2.45, 2.75) is 44.4 Å². The van der Waals surface area contributed by atoms with Gasteiger partial charge in [-0.2, -0.15) is 13.2 Å². The third kappa shape index (κ3) is 5.22. The highest BCUT2D eigenvalue weighted by Crippen LogP contribution is 2.26. The summed E-state index contributed by atoms with van der Waals surface area (Å²) in [6.07, 6.45) is -3.62. The van der Waals surface area contributed by atoms with E-state index in [0.29, 0.717) is 19.6 Å². The molecule has 7 heteroatoms. The number of halogens is 3. The first-order valence-electron chi connectivity index (χ1n) is 6.10. The molecule has 106 valence electrons. The van der Waals surface area contributed by atoms with Gasteiger partial charge in [-0.1, -0.05) is 0 Å². The molecule has 18 heavy (non-hydrogen) atoms. The van der Waals surface area contributed by atoms with Crippen LogP contribution in [0.25, 0.3) is 0 Å². The van der Waals surface area contributed by atoms with Crippen molar-refractivity contribution in [3.8, 4) is 0 Å². The fraction of sp³-hybridized carbons (Fsp3) is 0.909. The van der Waals surface area contributed by atoms with Crippen LogP contribution >= 0.6 is 0 Å². The van der Waals surface area contributed by atoms with Crippen molar-refractivity contribution in [3.63, 3.8) is 0 Å². The molecule has 0 aromatic heterocycles. The van der Waals surface area contributed by atoms with E-state index in [4.69, 9.17) is 4.74 Å². The van der Waals surface area contributed by atoms with Gasteiger partial charge in [-0.3, -0.25) is 4.79 Å². The minimum Gasteiger partial charge on any atom is -0.381 e. The molecule has 2 atom stereocenters. The van der Waals surface area contributed by atoms with E-state index < -0.39 is 12.2 Å². The maximum atomic E-state index is 12.4. The Morgan fingerprint density at radius 2 is 2.17 bits per heavy atom. The summed E-state index contributed by atoms with van der Waals surface area (Å²) in [4.78, 5) is 11.4. The van der Waals surface area contributed by atoms with Crippen LogP contribution < -0.4 is 10.6 Å². The van der Waals surface area contributed by atoms with Crippen molar-refractivity contribution in [2.75, 3.05) is 19.8 Å². The molecular formula is C11H19F3N2O2. The standard InChI is InChI=1S/C11H19F3N2O2/c1-2-18-6-5-10(17)16-8-3-4-9(15-7-8)11(12,13)14/h8-9,15H,2-7H2,1H3,(H,16,17). The zero-order valence-corrected chi connectivity index (χ0v) is 10.3. The second-order valence-electron chi connectivity index (χ2n) is 4.29. The minimum absolute atomic E-state index is 0.0000926. The van der Waals surface area contributed by atoms with E-state index in [9.17, 15) is 18.0 Å². The van der Waals surface area contributed by atoms with E-state index in [0.717, 1.165) is 0 Å². The molecule has 0 radical (unpaired) electrons. The summed E-state index contributed by atoms with van der Waals surface area (Å²) in [5.74, 6) is -0.180. The Balaban J connectivity index is 2.21. The number of carbonyl (C=O) groups excluding carboxylic acids is 1. The fourth-order valence-electron chi connectivity index (χ4n) is 1.87. The molecule has 2 N–H and O–H groups in total. The molecule has 0 bridgehead atoms. The molecular weight excluding hydrogens is 249 g/mol. The van der Waals surface area contributed by atoms with Crippen molar-refractivity contribution in [1.29, 1.82) is 0 Å². The molecule has 1 amide bonds. The zero-order chi connectivity index (χ0) is 13.6. The molecule has 4 nitrogen and oxygen atoms in total. The molecule has 1 aliphatic rings. The summed E-state index contributed by atoms with van der Waals surface area (Å²) >= 11 is 0. The molecule has 1 saturated heterocycles. The molecule has 0 saturated carbocycles. The van der Waals surface area contributed by atoms with Gasteiger partial charge in [-0.25, -0.2) is 0 Å². The number of ether oxygens (including phenoxy) is 1. The van der Waals surface area contributed by atoms with Gasteiger partial charge >= 0.3 is 6.18 Å². The lowest BCUT2D eigenvalue weighted by molar-refractivity contribution is -0.161. The number of hydrogen-bond donors (Lipinski definition) is 2. The number of carbonyl (C=O) groups is 1. The van der Waals surface area contributed by atoms with E-state index in [-0.39, 0.29) is 31.3 Å². The molecule has 0 aromatic rings. The highest BCUT2D eigenvalue weighted by molar-refractivity contribution is 5.76. The maximum Gasteiger partial charge on any atom is 0.403 e. The van der Waals surface area contributed by atoms with Crippen LogP contribution in [0.2, 0.25) is 0 Å². The van der Waals surface area contributed by atoms with Crippen LogP contribution in [-0.4, -0.2) is 43.9 Å². The second kappa shape index (κ2) is 6.94. The van der Waals surface area contributed by atoms with Crippen LogP contribution in [0.1, 0.15) is 26.2 Å². The normalized spacial score (nSPS) is 24.9. The fourth-order valence-corrected chi connectivity index (χ4v) is 1.87. The van der Waals surface area contributed by atoms with E-state index in [2.05, 4.69) is 10.6 Å². The van der Waals surface area contributed by atoms with Crippen LogP contribution in [0.3, 0.4) is 0 Å². The lowest BCUT2D eigenvalue weighted by atomic mass is 10.0. The molecule has 2 unspecified atom stereocenters. The summed E-state index contributed by atoms with van der Waals surface area (Å²) in [6.45, 7) is 2.88. The van der Waals surface area contributed by atoms with E-state index in [1.54, 1.807) is 0 Å². The van der Waals surface area contributed by atoms with Crippen molar-refractivity contribution in [2.24, 2.45) is 0 Å². The Hall–Kier alpha value is -0.820. The van der Waals surface area contributed by atoms with Crippen LogP contribution in [0.5, 0.6) is 0 Å². The lowest BCUT2D eigenvalue weighted by Crippen LogP contribution is -2.54. The average molecular weight is 268 g/mol. The Bertz CT molecular complexity index is 264. The van der Waals surface area contributed by atoms with Gasteiger partial charge in [0, 0.05) is 25.6 Å². The first-order valence-corrected chi connectivity index (χ1v) is 6.10. The third-order valence-electron chi connectivity index (χ3n) is 2.85. The van der Waals surface area contributed by atoms with Gasteiger partial charge in [0.15, 0.2) is 0 Å².